The number of hydrogen-bond acceptors (Lipinski definition) is 6. The van der Waals surface area contributed by atoms with E-state index in [1.807, 2.05) is 0 Å². The van der Waals surface area contributed by atoms with Crippen molar-refractivity contribution in [2.45, 2.75) is 0 Å². The lowest BCUT2D eigenvalue weighted by Crippen LogP contribution is -2.12. The summed E-state index contributed by atoms with van der Waals surface area (Å²) >= 11 is 0. The zero-order chi connectivity index (χ0) is 13.0. The number of carbonyl (C=O) groups is 1. The van der Waals surface area contributed by atoms with E-state index in [4.69, 9.17) is 4.74 Å². The van der Waals surface area contributed by atoms with Crippen molar-refractivity contribution in [3.63, 3.8) is 0 Å². The summed E-state index contributed by atoms with van der Waals surface area (Å²) < 4.78 is 11.2. The zero-order valence-corrected chi connectivity index (χ0v) is 10.0. The summed E-state index contributed by atoms with van der Waals surface area (Å²) in [6.45, 7) is -0.178. The Morgan fingerprint density at radius 1 is 1.39 bits per heavy atom. The second kappa shape index (κ2) is 5.26. The van der Waals surface area contributed by atoms with E-state index in [1.165, 1.54) is 7.11 Å². The number of aryl methyl sites for hydroxylation is 1. The van der Waals surface area contributed by atoms with Gasteiger partial charge >= 0.3 is 5.97 Å². The van der Waals surface area contributed by atoms with E-state index < -0.39 is 5.97 Å². The number of nitrogens with zero attached hydrogens (tertiary/aromatic N) is 4. The summed E-state index contributed by atoms with van der Waals surface area (Å²) in [5, 5.41) is 4.10. The van der Waals surface area contributed by atoms with Gasteiger partial charge in [-0.2, -0.15) is 0 Å². The van der Waals surface area contributed by atoms with Gasteiger partial charge in [-0.1, -0.05) is 0 Å². The Balaban J connectivity index is 2.15. The van der Waals surface area contributed by atoms with E-state index in [9.17, 15) is 4.79 Å². The monoisotopic (exact) mass is 248 g/mol. The highest BCUT2D eigenvalue weighted by atomic mass is 16.6. The van der Waals surface area contributed by atoms with Crippen molar-refractivity contribution in [1.29, 1.82) is 0 Å². The number of carbonyl (C=O) groups excluding carboxylic acids is 1. The molecular formula is C11H12N4O3. The van der Waals surface area contributed by atoms with Crippen molar-refractivity contribution in [1.82, 2.24) is 19.7 Å². The predicted octanol–water partition coefficient (Wildman–Crippen LogP) is 0.429. The number of ether oxygens (including phenoxy) is 2. The smallest absolute Gasteiger partial charge is 0.343 e. The Morgan fingerprint density at radius 2 is 2.11 bits per heavy atom. The number of rotatable bonds is 4. The third kappa shape index (κ3) is 2.62. The van der Waals surface area contributed by atoms with Gasteiger partial charge in [0.05, 0.1) is 7.11 Å². The molecule has 2 aromatic heterocycles. The molecule has 0 N–H and O–H groups in total. The molecule has 0 fully saturated rings. The van der Waals surface area contributed by atoms with Crippen LogP contribution in [0, 0.1) is 0 Å². The van der Waals surface area contributed by atoms with Crippen molar-refractivity contribution in [2.75, 3.05) is 13.7 Å². The van der Waals surface area contributed by atoms with Gasteiger partial charge in [-0.15, -0.1) is 5.10 Å². The van der Waals surface area contributed by atoms with Crippen molar-refractivity contribution in [2.24, 2.45) is 7.05 Å². The summed E-state index contributed by atoms with van der Waals surface area (Å²) in [6, 6.07) is 3.40. The van der Waals surface area contributed by atoms with E-state index in [2.05, 4.69) is 19.8 Å². The molecule has 0 radical (unpaired) electrons. The normalized spacial score (nSPS) is 10.1. The van der Waals surface area contributed by atoms with Gasteiger partial charge in [0.25, 0.3) is 0 Å². The standard InChI is InChI=1S/C11H12N4O3/c1-15-8(11-12-4-3-5-13-11)6-9(14-15)18-7-10(16)17-2/h3-6H,7H2,1-2H3. The van der Waals surface area contributed by atoms with Gasteiger partial charge in [-0.05, 0) is 6.07 Å². The molecular weight excluding hydrogens is 236 g/mol. The Morgan fingerprint density at radius 3 is 2.78 bits per heavy atom. The average Bonchev–Trinajstić information content (AvgIpc) is 2.78. The van der Waals surface area contributed by atoms with Crippen LogP contribution >= 0.6 is 0 Å². The SMILES string of the molecule is COC(=O)COc1cc(-c2ncccn2)n(C)n1. The quantitative estimate of drug-likeness (QED) is 0.730. The fourth-order valence-corrected chi connectivity index (χ4v) is 1.34. The van der Waals surface area contributed by atoms with Crippen molar-refractivity contribution in [3.05, 3.63) is 24.5 Å². The molecule has 2 heterocycles. The Hall–Kier alpha value is -2.44. The molecule has 0 bridgehead atoms. The van der Waals surface area contributed by atoms with Crippen molar-refractivity contribution < 1.29 is 14.3 Å². The molecule has 0 aliphatic carbocycles. The fraction of sp³-hybridized carbons (Fsp3) is 0.273. The Labute approximate surface area is 103 Å². The highest BCUT2D eigenvalue weighted by Crippen LogP contribution is 2.19. The maximum absolute atomic E-state index is 10.9. The first kappa shape index (κ1) is 12.0. The molecule has 0 unspecified atom stereocenters. The van der Waals surface area contributed by atoms with E-state index >= 15 is 0 Å². The van der Waals surface area contributed by atoms with Crippen LogP contribution in [0.3, 0.4) is 0 Å². The van der Waals surface area contributed by atoms with Gasteiger partial charge in [-0.3, -0.25) is 4.68 Å². The molecule has 94 valence electrons. The van der Waals surface area contributed by atoms with E-state index in [1.54, 1.807) is 36.3 Å². The molecule has 0 atom stereocenters. The minimum absolute atomic E-state index is 0.178. The highest BCUT2D eigenvalue weighted by Gasteiger charge is 2.11. The third-order valence-corrected chi connectivity index (χ3v) is 2.22. The predicted molar refractivity (Wildman–Crippen MR) is 61.7 cm³/mol. The number of hydrogen-bond donors (Lipinski definition) is 0. The van der Waals surface area contributed by atoms with Crippen LogP contribution in [0.1, 0.15) is 0 Å². The van der Waals surface area contributed by atoms with Gasteiger partial charge in [0, 0.05) is 25.5 Å². The molecule has 7 heteroatoms. The van der Waals surface area contributed by atoms with E-state index in [0.29, 0.717) is 17.4 Å². The summed E-state index contributed by atoms with van der Waals surface area (Å²) in [4.78, 5) is 19.2. The second-order valence-corrected chi connectivity index (χ2v) is 3.43. The molecule has 0 aliphatic heterocycles. The molecule has 0 aromatic carbocycles. The number of aromatic nitrogens is 4. The van der Waals surface area contributed by atoms with Gasteiger partial charge in [-0.25, -0.2) is 14.8 Å². The zero-order valence-electron chi connectivity index (χ0n) is 10.0. The number of esters is 1. The van der Waals surface area contributed by atoms with Crippen LogP contribution < -0.4 is 4.74 Å². The molecule has 18 heavy (non-hydrogen) atoms. The van der Waals surface area contributed by atoms with Crippen molar-refractivity contribution in [3.8, 4) is 17.4 Å². The van der Waals surface area contributed by atoms with Crippen molar-refractivity contribution >= 4 is 5.97 Å². The number of methoxy groups -OCH3 is 1. The first-order valence-corrected chi connectivity index (χ1v) is 5.21. The Bertz CT molecular complexity index is 538. The van der Waals surface area contributed by atoms with Gasteiger partial charge in [0.2, 0.25) is 5.88 Å². The van der Waals surface area contributed by atoms with Crippen LogP contribution in [0.15, 0.2) is 24.5 Å². The van der Waals surface area contributed by atoms with E-state index in [-0.39, 0.29) is 6.61 Å². The van der Waals surface area contributed by atoms with Crippen LogP contribution in [0.5, 0.6) is 5.88 Å². The maximum Gasteiger partial charge on any atom is 0.343 e. The van der Waals surface area contributed by atoms with Gasteiger partial charge in [0.15, 0.2) is 12.4 Å². The molecule has 0 saturated carbocycles. The summed E-state index contributed by atoms with van der Waals surface area (Å²) in [7, 11) is 3.05. The summed E-state index contributed by atoms with van der Waals surface area (Å²) in [6.07, 6.45) is 3.29. The van der Waals surface area contributed by atoms with Crippen LogP contribution in [0.2, 0.25) is 0 Å². The molecule has 2 rings (SSSR count). The minimum atomic E-state index is -0.460. The fourth-order valence-electron chi connectivity index (χ4n) is 1.34. The summed E-state index contributed by atoms with van der Waals surface area (Å²) in [5.74, 6) is 0.406. The molecule has 0 spiro atoms. The van der Waals surface area contributed by atoms with E-state index in [0.717, 1.165) is 0 Å². The first-order chi connectivity index (χ1) is 8.70. The Kier molecular flexibility index (Phi) is 3.52. The van der Waals surface area contributed by atoms with Gasteiger partial charge < -0.3 is 9.47 Å². The van der Waals surface area contributed by atoms with Crippen LogP contribution in [-0.4, -0.2) is 39.4 Å². The topological polar surface area (TPSA) is 79.1 Å². The largest absolute Gasteiger partial charge is 0.466 e. The molecule has 7 nitrogen and oxygen atoms in total. The van der Waals surface area contributed by atoms with Crippen LogP contribution in [-0.2, 0) is 16.6 Å². The van der Waals surface area contributed by atoms with Crippen LogP contribution in [0.4, 0.5) is 0 Å². The third-order valence-electron chi connectivity index (χ3n) is 2.22. The maximum atomic E-state index is 10.9. The second-order valence-electron chi connectivity index (χ2n) is 3.43. The van der Waals surface area contributed by atoms with Crippen LogP contribution in [0.25, 0.3) is 11.5 Å². The minimum Gasteiger partial charge on any atom is -0.466 e. The van der Waals surface area contributed by atoms with Gasteiger partial charge in [0.1, 0.15) is 5.69 Å². The first-order valence-electron chi connectivity index (χ1n) is 5.21. The lowest BCUT2D eigenvalue weighted by molar-refractivity contribution is -0.143. The molecule has 0 saturated heterocycles. The highest BCUT2D eigenvalue weighted by molar-refractivity contribution is 5.70. The molecule has 0 aliphatic rings. The summed E-state index contributed by atoms with van der Waals surface area (Å²) in [5.41, 5.74) is 0.704. The lowest BCUT2D eigenvalue weighted by Gasteiger charge is -1.99. The molecule has 2 aromatic rings. The lowest BCUT2D eigenvalue weighted by atomic mass is 10.4. The average molecular weight is 248 g/mol. The molecule has 0 amide bonds.